The molecule has 0 radical (unpaired) electrons. The second kappa shape index (κ2) is 5.12. The predicted octanol–water partition coefficient (Wildman–Crippen LogP) is 1.43. The smallest absolute Gasteiger partial charge is 0.223 e. The number of nitrogens with one attached hydrogen (secondary N) is 1. The van der Waals surface area contributed by atoms with Crippen LogP contribution in [0.4, 0.5) is 0 Å². The molecule has 0 spiro atoms. The zero-order chi connectivity index (χ0) is 11.4. The topological polar surface area (TPSA) is 55.1 Å². The summed E-state index contributed by atoms with van der Waals surface area (Å²) < 4.78 is 0. The minimum atomic E-state index is 0.124. The van der Waals surface area contributed by atoms with Crippen LogP contribution in [0.1, 0.15) is 24.8 Å². The Hall–Kier alpha value is -1.35. The van der Waals surface area contributed by atoms with Crippen molar-refractivity contribution in [2.24, 2.45) is 11.7 Å². The van der Waals surface area contributed by atoms with E-state index in [0.29, 0.717) is 6.54 Å². The molecule has 1 fully saturated rings. The van der Waals surface area contributed by atoms with Crippen molar-refractivity contribution in [2.75, 3.05) is 0 Å². The summed E-state index contributed by atoms with van der Waals surface area (Å²) in [7, 11) is 0. The molecule has 1 aromatic rings. The monoisotopic (exact) mass is 218 g/mol. The highest BCUT2D eigenvalue weighted by Crippen LogP contribution is 2.24. The minimum Gasteiger partial charge on any atom is -0.352 e. The molecule has 86 valence electrons. The lowest BCUT2D eigenvalue weighted by molar-refractivity contribution is -0.125. The van der Waals surface area contributed by atoms with Crippen molar-refractivity contribution >= 4 is 5.91 Å². The van der Waals surface area contributed by atoms with Gasteiger partial charge >= 0.3 is 0 Å². The molecule has 3 N–H and O–H groups in total. The average Bonchev–Trinajstić information content (AvgIpc) is 2.74. The maximum absolute atomic E-state index is 11.8. The Kier molecular flexibility index (Phi) is 3.57. The van der Waals surface area contributed by atoms with Crippen LogP contribution in [0.3, 0.4) is 0 Å². The van der Waals surface area contributed by atoms with E-state index in [2.05, 4.69) is 5.32 Å². The molecule has 0 aromatic heterocycles. The van der Waals surface area contributed by atoms with Crippen molar-refractivity contribution in [3.8, 4) is 0 Å². The Balaban J connectivity index is 1.80. The SMILES string of the molecule is N[C@@H]1CC[C@H](C(=O)NCc2ccccc2)C1. The van der Waals surface area contributed by atoms with Crippen molar-refractivity contribution in [3.05, 3.63) is 35.9 Å². The second-order valence-corrected chi connectivity index (χ2v) is 4.47. The fourth-order valence-electron chi connectivity index (χ4n) is 2.18. The Labute approximate surface area is 96.0 Å². The van der Waals surface area contributed by atoms with Crippen LogP contribution < -0.4 is 11.1 Å². The molecule has 0 aliphatic heterocycles. The molecule has 1 aliphatic carbocycles. The number of hydrogen-bond acceptors (Lipinski definition) is 2. The van der Waals surface area contributed by atoms with E-state index in [9.17, 15) is 4.79 Å². The molecular formula is C13H18N2O. The lowest BCUT2D eigenvalue weighted by atomic mass is 10.1. The van der Waals surface area contributed by atoms with Crippen LogP contribution in [-0.2, 0) is 11.3 Å². The molecule has 0 unspecified atom stereocenters. The highest BCUT2D eigenvalue weighted by atomic mass is 16.1. The van der Waals surface area contributed by atoms with Crippen molar-refractivity contribution in [1.82, 2.24) is 5.32 Å². The van der Waals surface area contributed by atoms with Crippen LogP contribution in [0.5, 0.6) is 0 Å². The summed E-state index contributed by atoms with van der Waals surface area (Å²) in [5.74, 6) is 0.274. The molecule has 3 nitrogen and oxygen atoms in total. The van der Waals surface area contributed by atoms with Gasteiger partial charge in [0.25, 0.3) is 0 Å². The molecule has 2 rings (SSSR count). The van der Waals surface area contributed by atoms with Crippen LogP contribution >= 0.6 is 0 Å². The van der Waals surface area contributed by atoms with E-state index in [1.54, 1.807) is 0 Å². The molecule has 1 amide bonds. The molecule has 0 bridgehead atoms. The van der Waals surface area contributed by atoms with Gasteiger partial charge in [0.05, 0.1) is 0 Å². The molecule has 0 saturated heterocycles. The summed E-state index contributed by atoms with van der Waals surface area (Å²) in [6.45, 7) is 0.616. The number of carbonyl (C=O) groups is 1. The number of carbonyl (C=O) groups excluding carboxylic acids is 1. The third-order valence-corrected chi connectivity index (χ3v) is 3.15. The van der Waals surface area contributed by atoms with Crippen LogP contribution in [-0.4, -0.2) is 11.9 Å². The standard InChI is InChI=1S/C13H18N2O/c14-12-7-6-11(8-12)13(16)15-9-10-4-2-1-3-5-10/h1-5,11-12H,6-9,14H2,(H,15,16)/t11-,12+/m0/s1. The van der Waals surface area contributed by atoms with Gasteiger partial charge in [-0.15, -0.1) is 0 Å². The number of nitrogens with two attached hydrogens (primary N) is 1. The highest BCUT2D eigenvalue weighted by molar-refractivity contribution is 5.78. The highest BCUT2D eigenvalue weighted by Gasteiger charge is 2.27. The molecule has 16 heavy (non-hydrogen) atoms. The number of amides is 1. The van der Waals surface area contributed by atoms with Gasteiger partial charge in [-0.3, -0.25) is 4.79 Å². The minimum absolute atomic E-state index is 0.124. The summed E-state index contributed by atoms with van der Waals surface area (Å²) >= 11 is 0. The van der Waals surface area contributed by atoms with Gasteiger partial charge in [0.2, 0.25) is 5.91 Å². The van der Waals surface area contributed by atoms with Gasteiger partial charge in [0.1, 0.15) is 0 Å². The zero-order valence-electron chi connectivity index (χ0n) is 9.36. The van der Waals surface area contributed by atoms with Crippen LogP contribution in [0, 0.1) is 5.92 Å². The molecule has 2 atom stereocenters. The van der Waals surface area contributed by atoms with E-state index in [-0.39, 0.29) is 17.9 Å². The lowest BCUT2D eigenvalue weighted by Gasteiger charge is -2.10. The largest absolute Gasteiger partial charge is 0.352 e. The quantitative estimate of drug-likeness (QED) is 0.806. The van der Waals surface area contributed by atoms with Crippen molar-refractivity contribution in [3.63, 3.8) is 0 Å². The zero-order valence-corrected chi connectivity index (χ0v) is 9.36. The molecule has 1 aliphatic rings. The van der Waals surface area contributed by atoms with Gasteiger partial charge in [-0.2, -0.15) is 0 Å². The van der Waals surface area contributed by atoms with Gasteiger partial charge in [-0.25, -0.2) is 0 Å². The Bertz CT molecular complexity index is 350. The summed E-state index contributed by atoms with van der Waals surface area (Å²) in [5.41, 5.74) is 6.93. The summed E-state index contributed by atoms with van der Waals surface area (Å²) in [6, 6.07) is 10.2. The molecule has 1 saturated carbocycles. The second-order valence-electron chi connectivity index (χ2n) is 4.47. The van der Waals surface area contributed by atoms with Gasteiger partial charge < -0.3 is 11.1 Å². The first-order valence-corrected chi connectivity index (χ1v) is 5.83. The summed E-state index contributed by atoms with van der Waals surface area (Å²) in [4.78, 5) is 11.8. The van der Waals surface area contributed by atoms with Crippen LogP contribution in [0.2, 0.25) is 0 Å². The summed E-state index contributed by atoms with van der Waals surface area (Å²) in [5, 5.41) is 2.97. The fraction of sp³-hybridized carbons (Fsp3) is 0.462. The van der Waals surface area contributed by atoms with Crippen LogP contribution in [0.25, 0.3) is 0 Å². The van der Waals surface area contributed by atoms with E-state index in [0.717, 1.165) is 24.8 Å². The van der Waals surface area contributed by atoms with E-state index in [1.807, 2.05) is 30.3 Å². The van der Waals surface area contributed by atoms with Crippen molar-refractivity contribution in [1.29, 1.82) is 0 Å². The fourth-order valence-corrected chi connectivity index (χ4v) is 2.18. The molecular weight excluding hydrogens is 200 g/mol. The maximum Gasteiger partial charge on any atom is 0.223 e. The normalized spacial score (nSPS) is 24.3. The van der Waals surface area contributed by atoms with E-state index < -0.39 is 0 Å². The number of hydrogen-bond donors (Lipinski definition) is 2. The molecule has 1 aromatic carbocycles. The van der Waals surface area contributed by atoms with Crippen LogP contribution in [0.15, 0.2) is 30.3 Å². The first kappa shape index (κ1) is 11.1. The third-order valence-electron chi connectivity index (χ3n) is 3.15. The van der Waals surface area contributed by atoms with Gasteiger partial charge in [-0.05, 0) is 24.8 Å². The van der Waals surface area contributed by atoms with Crippen molar-refractivity contribution < 1.29 is 4.79 Å². The van der Waals surface area contributed by atoms with Gasteiger partial charge in [0, 0.05) is 18.5 Å². The Morgan fingerprint density at radius 1 is 1.31 bits per heavy atom. The molecule has 0 heterocycles. The van der Waals surface area contributed by atoms with E-state index >= 15 is 0 Å². The Morgan fingerprint density at radius 2 is 2.06 bits per heavy atom. The Morgan fingerprint density at radius 3 is 2.69 bits per heavy atom. The van der Waals surface area contributed by atoms with Gasteiger partial charge in [0.15, 0.2) is 0 Å². The van der Waals surface area contributed by atoms with E-state index in [1.165, 1.54) is 0 Å². The lowest BCUT2D eigenvalue weighted by Crippen LogP contribution is -2.29. The van der Waals surface area contributed by atoms with Gasteiger partial charge in [-0.1, -0.05) is 30.3 Å². The number of rotatable bonds is 3. The van der Waals surface area contributed by atoms with Crippen molar-refractivity contribution in [2.45, 2.75) is 31.8 Å². The van der Waals surface area contributed by atoms with E-state index in [4.69, 9.17) is 5.73 Å². The first-order chi connectivity index (χ1) is 7.75. The first-order valence-electron chi connectivity index (χ1n) is 5.83. The average molecular weight is 218 g/mol. The third kappa shape index (κ3) is 2.83. The number of benzene rings is 1. The predicted molar refractivity (Wildman–Crippen MR) is 63.6 cm³/mol. The summed E-state index contributed by atoms with van der Waals surface area (Å²) in [6.07, 6.45) is 2.74. The maximum atomic E-state index is 11.8. The molecule has 3 heteroatoms.